The number of aromatic nitrogens is 1. The minimum absolute atomic E-state index is 0.110. The molecule has 5 rings (SSSR count). The fraction of sp³-hybridized carbons (Fsp3) is 0.214. The minimum Gasteiger partial charge on any atom is -0.495 e. The van der Waals surface area contributed by atoms with Gasteiger partial charge in [-0.1, -0.05) is 0 Å². The zero-order valence-corrected chi connectivity index (χ0v) is 24.2. The van der Waals surface area contributed by atoms with E-state index >= 15 is 0 Å². The Labute approximate surface area is 235 Å². The highest BCUT2D eigenvalue weighted by molar-refractivity contribution is 14.1. The van der Waals surface area contributed by atoms with Crippen molar-refractivity contribution in [2.75, 3.05) is 27.1 Å². The molecule has 1 aromatic heterocycles. The van der Waals surface area contributed by atoms with Crippen molar-refractivity contribution >= 4 is 60.9 Å². The summed E-state index contributed by atoms with van der Waals surface area (Å²) in [6.45, 7) is 0. The van der Waals surface area contributed by atoms with Crippen LogP contribution in [0, 0.1) is 3.57 Å². The molecule has 0 spiro atoms. The zero-order valence-electron chi connectivity index (χ0n) is 20.4. The standard InChI is InChI=1S/C28H24BrIN2O5/c1-35-22-10-15(11-23(36-2)25(22)29)24-19-12-18(14-4-5-14)21(30)13-20(19)27(33)32(26(24)28(34)37-3)17-8-6-16(31)7-9-17/h6-14H,4-5,31H2,1-3H3. The summed E-state index contributed by atoms with van der Waals surface area (Å²) in [6, 6.07) is 14.4. The molecule has 2 N–H and O–H groups in total. The van der Waals surface area contributed by atoms with E-state index in [9.17, 15) is 9.59 Å². The number of esters is 1. The lowest BCUT2D eigenvalue weighted by Gasteiger charge is -2.21. The molecule has 0 amide bonds. The average Bonchev–Trinajstić information content (AvgIpc) is 3.74. The quantitative estimate of drug-likeness (QED) is 0.147. The maximum absolute atomic E-state index is 14.1. The van der Waals surface area contributed by atoms with Crippen LogP contribution in [0.4, 0.5) is 5.69 Å². The largest absolute Gasteiger partial charge is 0.495 e. The van der Waals surface area contributed by atoms with Crippen molar-refractivity contribution in [3.05, 3.63) is 78.2 Å². The van der Waals surface area contributed by atoms with E-state index in [1.807, 2.05) is 24.3 Å². The van der Waals surface area contributed by atoms with Gasteiger partial charge in [0.25, 0.3) is 5.56 Å². The Morgan fingerprint density at radius 1 is 1.00 bits per heavy atom. The van der Waals surface area contributed by atoms with Crippen LogP contribution >= 0.6 is 38.5 Å². The molecule has 190 valence electrons. The van der Waals surface area contributed by atoms with E-state index in [1.54, 1.807) is 38.5 Å². The Morgan fingerprint density at radius 2 is 1.62 bits per heavy atom. The molecule has 4 aromatic rings. The van der Waals surface area contributed by atoms with E-state index in [2.05, 4.69) is 38.5 Å². The Balaban J connectivity index is 2.00. The number of ether oxygens (including phenoxy) is 3. The number of hydrogen-bond donors (Lipinski definition) is 1. The second kappa shape index (κ2) is 10.0. The number of anilines is 1. The lowest BCUT2D eigenvalue weighted by atomic mass is 9.93. The first-order chi connectivity index (χ1) is 17.8. The molecule has 0 radical (unpaired) electrons. The number of halogens is 2. The van der Waals surface area contributed by atoms with Crippen molar-refractivity contribution in [2.45, 2.75) is 18.8 Å². The highest BCUT2D eigenvalue weighted by atomic mass is 127. The van der Waals surface area contributed by atoms with Gasteiger partial charge in [-0.2, -0.15) is 0 Å². The number of pyridine rings is 1. The Kier molecular flexibility index (Phi) is 6.93. The van der Waals surface area contributed by atoms with Crippen molar-refractivity contribution in [3.8, 4) is 28.3 Å². The summed E-state index contributed by atoms with van der Waals surface area (Å²) in [4.78, 5) is 27.5. The first-order valence-corrected chi connectivity index (χ1v) is 13.4. The number of carbonyl (C=O) groups excluding carboxylic acids is 1. The number of rotatable bonds is 6. The number of carbonyl (C=O) groups is 1. The van der Waals surface area contributed by atoms with E-state index in [4.69, 9.17) is 19.9 Å². The third kappa shape index (κ3) is 4.48. The molecule has 9 heteroatoms. The van der Waals surface area contributed by atoms with Gasteiger partial charge in [0.1, 0.15) is 21.7 Å². The van der Waals surface area contributed by atoms with E-state index in [0.717, 1.165) is 16.4 Å². The molecule has 7 nitrogen and oxygen atoms in total. The van der Waals surface area contributed by atoms with Crippen LogP contribution in [-0.4, -0.2) is 31.9 Å². The fourth-order valence-corrected chi connectivity index (χ4v) is 6.07. The van der Waals surface area contributed by atoms with Crippen LogP contribution in [0.3, 0.4) is 0 Å². The van der Waals surface area contributed by atoms with Gasteiger partial charge in [-0.3, -0.25) is 9.36 Å². The molecule has 0 aliphatic heterocycles. The lowest BCUT2D eigenvalue weighted by Crippen LogP contribution is -2.27. The van der Waals surface area contributed by atoms with E-state index < -0.39 is 5.97 Å². The Bertz CT molecular complexity index is 1590. The Hall–Kier alpha value is -3.05. The van der Waals surface area contributed by atoms with E-state index in [1.165, 1.54) is 17.2 Å². The normalized spacial score (nSPS) is 13.0. The number of benzene rings is 3. The van der Waals surface area contributed by atoms with E-state index in [-0.39, 0.29) is 11.3 Å². The van der Waals surface area contributed by atoms with Crippen LogP contribution in [0.2, 0.25) is 0 Å². The number of methoxy groups -OCH3 is 3. The maximum Gasteiger partial charge on any atom is 0.355 e. The molecule has 37 heavy (non-hydrogen) atoms. The van der Waals surface area contributed by atoms with Crippen LogP contribution in [0.5, 0.6) is 11.5 Å². The molecule has 3 aromatic carbocycles. The van der Waals surface area contributed by atoms with Gasteiger partial charge in [-0.25, -0.2) is 4.79 Å². The van der Waals surface area contributed by atoms with Gasteiger partial charge < -0.3 is 19.9 Å². The molecule has 0 bridgehead atoms. The van der Waals surface area contributed by atoms with Gasteiger partial charge in [0, 0.05) is 25.9 Å². The van der Waals surface area contributed by atoms with Gasteiger partial charge in [-0.15, -0.1) is 0 Å². The van der Waals surface area contributed by atoms with Gasteiger partial charge in [0.2, 0.25) is 0 Å². The first-order valence-electron chi connectivity index (χ1n) is 11.6. The second-order valence-corrected chi connectivity index (χ2v) is 10.8. The molecule has 1 fully saturated rings. The molecular weight excluding hydrogens is 651 g/mol. The molecule has 0 saturated heterocycles. The maximum atomic E-state index is 14.1. The predicted octanol–water partition coefficient (Wildman–Crippen LogP) is 6.29. The lowest BCUT2D eigenvalue weighted by molar-refractivity contribution is 0.0591. The summed E-state index contributed by atoms with van der Waals surface area (Å²) >= 11 is 5.82. The average molecular weight is 675 g/mol. The topological polar surface area (TPSA) is 92.8 Å². The smallest absolute Gasteiger partial charge is 0.355 e. The minimum atomic E-state index is -0.641. The zero-order chi connectivity index (χ0) is 26.4. The summed E-state index contributed by atoms with van der Waals surface area (Å²) in [5.41, 5.74) is 9.13. The third-order valence-corrected chi connectivity index (χ3v) is 8.30. The molecule has 1 saturated carbocycles. The summed E-state index contributed by atoms with van der Waals surface area (Å²) in [7, 11) is 4.43. The summed E-state index contributed by atoms with van der Waals surface area (Å²) < 4.78 is 19.5. The third-order valence-electron chi connectivity index (χ3n) is 6.58. The van der Waals surface area contributed by atoms with Gasteiger partial charge >= 0.3 is 5.97 Å². The van der Waals surface area contributed by atoms with Crippen molar-refractivity contribution in [1.29, 1.82) is 0 Å². The van der Waals surface area contributed by atoms with Crippen LogP contribution in [0.1, 0.15) is 34.8 Å². The van der Waals surface area contributed by atoms with Gasteiger partial charge in [-0.05, 0) is 122 Å². The number of fused-ring (bicyclic) bond motifs is 1. The van der Waals surface area contributed by atoms with Crippen LogP contribution in [-0.2, 0) is 4.74 Å². The number of nitrogens with zero attached hydrogens (tertiary/aromatic N) is 1. The Morgan fingerprint density at radius 3 is 2.16 bits per heavy atom. The SMILES string of the molecule is COC(=O)c1c(-c2cc(OC)c(Br)c(OC)c2)c2cc(C3CC3)c(I)cc2c(=O)n1-c1ccc(N)cc1. The molecule has 1 heterocycles. The van der Waals surface area contributed by atoms with Crippen LogP contribution in [0.25, 0.3) is 27.6 Å². The predicted molar refractivity (Wildman–Crippen MR) is 156 cm³/mol. The molecule has 0 atom stereocenters. The highest BCUT2D eigenvalue weighted by Gasteiger charge is 2.30. The fourth-order valence-electron chi connectivity index (χ4n) is 4.61. The van der Waals surface area contributed by atoms with Gasteiger partial charge in [0.05, 0.1) is 21.3 Å². The van der Waals surface area contributed by atoms with Crippen molar-refractivity contribution < 1.29 is 19.0 Å². The molecule has 1 aliphatic carbocycles. The number of hydrogen-bond acceptors (Lipinski definition) is 6. The van der Waals surface area contributed by atoms with Crippen LogP contribution in [0.15, 0.2) is 57.8 Å². The molecular formula is C28H24BrIN2O5. The van der Waals surface area contributed by atoms with Crippen molar-refractivity contribution in [1.82, 2.24) is 4.57 Å². The number of nitrogens with two attached hydrogens (primary N) is 1. The summed E-state index contributed by atoms with van der Waals surface area (Å²) in [6.07, 6.45) is 2.20. The highest BCUT2D eigenvalue weighted by Crippen LogP contribution is 2.46. The summed E-state index contributed by atoms with van der Waals surface area (Å²) in [5, 5.41) is 1.17. The van der Waals surface area contributed by atoms with Crippen molar-refractivity contribution in [3.63, 3.8) is 0 Å². The molecule has 1 aliphatic rings. The van der Waals surface area contributed by atoms with Crippen molar-refractivity contribution in [2.24, 2.45) is 0 Å². The van der Waals surface area contributed by atoms with Gasteiger partial charge in [0.15, 0.2) is 0 Å². The van der Waals surface area contributed by atoms with E-state index in [0.29, 0.717) is 55.2 Å². The molecule has 0 unspecified atom stereocenters. The number of nitrogen functional groups attached to an aromatic ring is 1. The monoisotopic (exact) mass is 674 g/mol. The summed E-state index contributed by atoms with van der Waals surface area (Å²) in [5.74, 6) is 0.852. The second-order valence-electron chi connectivity index (χ2n) is 8.84. The first kappa shape index (κ1) is 25.6. The van der Waals surface area contributed by atoms with Crippen LogP contribution < -0.4 is 20.8 Å².